The van der Waals surface area contributed by atoms with Gasteiger partial charge in [0.2, 0.25) is 10.0 Å². The Morgan fingerprint density at radius 2 is 2.05 bits per heavy atom. The zero-order chi connectivity index (χ0) is 15.6. The van der Waals surface area contributed by atoms with E-state index in [0.29, 0.717) is 17.3 Å². The highest BCUT2D eigenvalue weighted by Crippen LogP contribution is 2.25. The van der Waals surface area contributed by atoms with Gasteiger partial charge in [0.05, 0.1) is 6.61 Å². The minimum absolute atomic E-state index is 0.0480. The SMILES string of the molecule is CN1CCC(NS(=O)(=O)c2cc(Br)cc(CO)c2F)CC1. The first kappa shape index (κ1) is 16.8. The number of rotatable bonds is 4. The van der Waals surface area contributed by atoms with Gasteiger partial charge in [-0.15, -0.1) is 0 Å². The van der Waals surface area contributed by atoms with E-state index in [9.17, 15) is 12.8 Å². The number of aliphatic hydroxyl groups is 1. The van der Waals surface area contributed by atoms with Crippen molar-refractivity contribution >= 4 is 26.0 Å². The van der Waals surface area contributed by atoms with Crippen LogP contribution in [0.3, 0.4) is 0 Å². The second-order valence-corrected chi connectivity index (χ2v) is 7.83. The molecule has 2 rings (SSSR count). The van der Waals surface area contributed by atoms with E-state index in [1.54, 1.807) is 0 Å². The van der Waals surface area contributed by atoms with Gasteiger partial charge in [0.1, 0.15) is 10.7 Å². The van der Waals surface area contributed by atoms with E-state index in [0.717, 1.165) is 13.1 Å². The lowest BCUT2D eigenvalue weighted by molar-refractivity contribution is 0.248. The van der Waals surface area contributed by atoms with E-state index in [-0.39, 0.29) is 11.6 Å². The van der Waals surface area contributed by atoms with Gasteiger partial charge in [0.25, 0.3) is 0 Å². The quantitative estimate of drug-likeness (QED) is 0.829. The van der Waals surface area contributed by atoms with Crippen LogP contribution in [-0.4, -0.2) is 44.6 Å². The maximum atomic E-state index is 14.2. The van der Waals surface area contributed by atoms with Gasteiger partial charge in [-0.05, 0) is 45.1 Å². The molecule has 1 aliphatic heterocycles. The van der Waals surface area contributed by atoms with Crippen molar-refractivity contribution < 1.29 is 17.9 Å². The predicted octanol–water partition coefficient (Wildman–Crippen LogP) is 1.45. The number of piperidine rings is 1. The largest absolute Gasteiger partial charge is 0.392 e. The number of nitrogens with zero attached hydrogens (tertiary/aromatic N) is 1. The fraction of sp³-hybridized carbons (Fsp3) is 0.538. The smallest absolute Gasteiger partial charge is 0.243 e. The summed E-state index contributed by atoms with van der Waals surface area (Å²) < 4.78 is 41.8. The van der Waals surface area contributed by atoms with E-state index >= 15 is 0 Å². The van der Waals surface area contributed by atoms with Crippen molar-refractivity contribution in [3.8, 4) is 0 Å². The normalized spacial score (nSPS) is 18.1. The molecule has 1 fully saturated rings. The molecule has 0 aliphatic carbocycles. The van der Waals surface area contributed by atoms with Gasteiger partial charge in [0.15, 0.2) is 0 Å². The van der Waals surface area contributed by atoms with Crippen LogP contribution in [0.2, 0.25) is 0 Å². The molecule has 0 bridgehead atoms. The molecule has 1 aromatic rings. The molecule has 0 spiro atoms. The van der Waals surface area contributed by atoms with Crippen LogP contribution in [0.1, 0.15) is 18.4 Å². The molecule has 1 heterocycles. The minimum Gasteiger partial charge on any atom is -0.392 e. The van der Waals surface area contributed by atoms with Crippen molar-refractivity contribution in [1.82, 2.24) is 9.62 Å². The molecule has 1 aliphatic rings. The van der Waals surface area contributed by atoms with Crippen molar-refractivity contribution in [3.63, 3.8) is 0 Å². The topological polar surface area (TPSA) is 69.6 Å². The molecule has 2 N–H and O–H groups in total. The molecule has 118 valence electrons. The van der Waals surface area contributed by atoms with Gasteiger partial charge in [-0.3, -0.25) is 0 Å². The highest BCUT2D eigenvalue weighted by molar-refractivity contribution is 9.10. The standard InChI is InChI=1S/C13H18BrFN2O3S/c1-17-4-2-11(3-5-17)16-21(19,20)12-7-10(14)6-9(8-18)13(12)15/h6-7,11,16,18H,2-5,8H2,1H3. The van der Waals surface area contributed by atoms with Gasteiger partial charge in [0, 0.05) is 16.1 Å². The third-order valence-corrected chi connectivity index (χ3v) is 5.56. The number of nitrogens with one attached hydrogen (secondary N) is 1. The van der Waals surface area contributed by atoms with Crippen molar-refractivity contribution in [2.24, 2.45) is 0 Å². The highest BCUT2D eigenvalue weighted by Gasteiger charge is 2.27. The molecule has 1 saturated heterocycles. The zero-order valence-corrected chi connectivity index (χ0v) is 14.0. The maximum Gasteiger partial charge on any atom is 0.243 e. The number of sulfonamides is 1. The molecular weight excluding hydrogens is 363 g/mol. The zero-order valence-electron chi connectivity index (χ0n) is 11.6. The summed E-state index contributed by atoms with van der Waals surface area (Å²) in [5.74, 6) is -0.902. The first-order valence-corrected chi connectivity index (χ1v) is 8.91. The summed E-state index contributed by atoms with van der Waals surface area (Å²) in [4.78, 5) is 1.69. The van der Waals surface area contributed by atoms with E-state index in [2.05, 4.69) is 25.6 Å². The van der Waals surface area contributed by atoms with Crippen LogP contribution in [0.15, 0.2) is 21.5 Å². The summed E-state index contributed by atoms with van der Waals surface area (Å²) in [5.41, 5.74) is -0.0480. The fourth-order valence-corrected chi connectivity index (χ4v) is 4.45. The van der Waals surface area contributed by atoms with E-state index in [4.69, 9.17) is 5.11 Å². The number of halogens is 2. The average Bonchev–Trinajstić information content (AvgIpc) is 2.43. The van der Waals surface area contributed by atoms with Crippen LogP contribution in [0.4, 0.5) is 4.39 Å². The third kappa shape index (κ3) is 4.01. The van der Waals surface area contributed by atoms with E-state index in [1.807, 2.05) is 7.05 Å². The third-order valence-electron chi connectivity index (χ3n) is 3.58. The Hall–Kier alpha value is -0.540. The minimum atomic E-state index is -3.95. The van der Waals surface area contributed by atoms with Crippen molar-refractivity contribution in [2.75, 3.05) is 20.1 Å². The Kier molecular flexibility index (Phi) is 5.37. The summed E-state index contributed by atoms with van der Waals surface area (Å²) in [6.07, 6.45) is 1.39. The monoisotopic (exact) mass is 380 g/mol. The van der Waals surface area contributed by atoms with Crippen LogP contribution >= 0.6 is 15.9 Å². The first-order chi connectivity index (χ1) is 9.83. The maximum absolute atomic E-state index is 14.2. The molecule has 21 heavy (non-hydrogen) atoms. The van der Waals surface area contributed by atoms with Gasteiger partial charge in [-0.1, -0.05) is 15.9 Å². The fourth-order valence-electron chi connectivity index (χ4n) is 2.34. The van der Waals surface area contributed by atoms with E-state index in [1.165, 1.54) is 12.1 Å². The van der Waals surface area contributed by atoms with Crippen LogP contribution in [-0.2, 0) is 16.6 Å². The molecule has 0 aromatic heterocycles. The van der Waals surface area contributed by atoms with E-state index < -0.39 is 27.3 Å². The van der Waals surface area contributed by atoms with Gasteiger partial charge in [-0.25, -0.2) is 17.5 Å². The summed E-state index contributed by atoms with van der Waals surface area (Å²) in [7, 11) is -1.97. The summed E-state index contributed by atoms with van der Waals surface area (Å²) in [6.45, 7) is 1.05. The number of aliphatic hydroxyl groups excluding tert-OH is 1. The van der Waals surface area contributed by atoms with Crippen LogP contribution in [0, 0.1) is 5.82 Å². The Morgan fingerprint density at radius 3 is 2.62 bits per heavy atom. The Balaban J connectivity index is 2.25. The Bertz CT molecular complexity index is 616. The van der Waals surface area contributed by atoms with Crippen LogP contribution < -0.4 is 4.72 Å². The Morgan fingerprint density at radius 1 is 1.43 bits per heavy atom. The highest BCUT2D eigenvalue weighted by atomic mass is 79.9. The molecule has 5 nitrogen and oxygen atoms in total. The number of benzene rings is 1. The molecular formula is C13H18BrFN2O3S. The lowest BCUT2D eigenvalue weighted by Crippen LogP contribution is -2.43. The molecule has 1 aromatic carbocycles. The molecule has 0 atom stereocenters. The summed E-state index contributed by atoms with van der Waals surface area (Å²) >= 11 is 3.14. The van der Waals surface area contributed by atoms with Crippen LogP contribution in [0.25, 0.3) is 0 Å². The Labute approximate surface area is 132 Å². The second kappa shape index (κ2) is 6.70. The summed E-state index contributed by atoms with van der Waals surface area (Å²) in [6, 6.07) is 2.39. The van der Waals surface area contributed by atoms with Gasteiger partial charge >= 0.3 is 0 Å². The van der Waals surface area contributed by atoms with Gasteiger partial charge in [-0.2, -0.15) is 0 Å². The van der Waals surface area contributed by atoms with Crippen molar-refractivity contribution in [3.05, 3.63) is 28.0 Å². The van der Waals surface area contributed by atoms with Crippen LogP contribution in [0.5, 0.6) is 0 Å². The van der Waals surface area contributed by atoms with Crippen molar-refractivity contribution in [2.45, 2.75) is 30.4 Å². The van der Waals surface area contributed by atoms with Gasteiger partial charge < -0.3 is 10.0 Å². The molecule has 0 saturated carbocycles. The first-order valence-electron chi connectivity index (χ1n) is 6.63. The second-order valence-electron chi connectivity index (χ2n) is 5.23. The lowest BCUT2D eigenvalue weighted by atomic mass is 10.1. The molecule has 0 radical (unpaired) electrons. The lowest BCUT2D eigenvalue weighted by Gasteiger charge is -2.29. The van der Waals surface area contributed by atoms with Crippen molar-refractivity contribution in [1.29, 1.82) is 0 Å². The number of likely N-dealkylation sites (tertiary alicyclic amines) is 1. The molecule has 0 amide bonds. The summed E-state index contributed by atoms with van der Waals surface area (Å²) in [5, 5.41) is 9.10. The average molecular weight is 381 g/mol. The molecule has 0 unspecified atom stereocenters. The predicted molar refractivity (Wildman–Crippen MR) is 80.9 cm³/mol. The number of hydrogen-bond acceptors (Lipinski definition) is 4. The molecule has 8 heteroatoms. The number of hydrogen-bond donors (Lipinski definition) is 2.